The number of carbonyl (C=O) groups excluding carboxylic acids is 1. The fraction of sp³-hybridized carbons (Fsp3) is 0.462. The monoisotopic (exact) mass is 275 g/mol. The quantitative estimate of drug-likeness (QED) is 0.763. The van der Waals surface area contributed by atoms with Gasteiger partial charge in [-0.15, -0.1) is 0 Å². The topological polar surface area (TPSA) is 95.6 Å². The van der Waals surface area contributed by atoms with Crippen LogP contribution in [0.2, 0.25) is 0 Å². The molecule has 106 valence electrons. The zero-order valence-electron chi connectivity index (χ0n) is 11.5. The highest BCUT2D eigenvalue weighted by molar-refractivity contribution is 5.92. The van der Waals surface area contributed by atoms with Crippen molar-refractivity contribution in [1.82, 2.24) is 25.1 Å². The number of amides is 1. The Balaban J connectivity index is 1.85. The molecule has 2 aromatic heterocycles. The maximum absolute atomic E-state index is 12.3. The molecule has 1 amide bonds. The molecule has 2 heterocycles. The van der Waals surface area contributed by atoms with Crippen LogP contribution in [0.3, 0.4) is 0 Å². The average molecular weight is 275 g/mol. The van der Waals surface area contributed by atoms with Crippen molar-refractivity contribution in [1.29, 1.82) is 0 Å². The van der Waals surface area contributed by atoms with Gasteiger partial charge in [0.25, 0.3) is 11.5 Å². The second-order valence-corrected chi connectivity index (χ2v) is 5.37. The first-order valence-electron chi connectivity index (χ1n) is 6.61. The van der Waals surface area contributed by atoms with Crippen molar-refractivity contribution in [2.45, 2.75) is 31.7 Å². The van der Waals surface area contributed by atoms with Crippen molar-refractivity contribution >= 4 is 5.91 Å². The Morgan fingerprint density at radius 2 is 2.25 bits per heavy atom. The molecule has 0 aliphatic heterocycles. The number of aromatic amines is 2. The lowest BCUT2D eigenvalue weighted by atomic mass is 9.76. The Hall–Kier alpha value is -2.31. The molecule has 0 radical (unpaired) electrons. The minimum Gasteiger partial charge on any atom is -0.344 e. The molecule has 1 aliphatic rings. The van der Waals surface area contributed by atoms with E-state index in [1.807, 2.05) is 6.92 Å². The summed E-state index contributed by atoms with van der Waals surface area (Å²) in [5.74, 6) is 0.504. The highest BCUT2D eigenvalue weighted by atomic mass is 16.2. The average Bonchev–Trinajstić information content (AvgIpc) is 2.92. The van der Waals surface area contributed by atoms with Crippen molar-refractivity contribution in [3.05, 3.63) is 39.8 Å². The van der Waals surface area contributed by atoms with Crippen molar-refractivity contribution < 1.29 is 4.79 Å². The van der Waals surface area contributed by atoms with Crippen molar-refractivity contribution in [2.24, 2.45) is 7.05 Å². The molecule has 3 rings (SSSR count). The van der Waals surface area contributed by atoms with Gasteiger partial charge in [0.1, 0.15) is 11.5 Å². The Morgan fingerprint density at radius 1 is 1.50 bits per heavy atom. The van der Waals surface area contributed by atoms with Gasteiger partial charge < -0.3 is 10.3 Å². The first kappa shape index (κ1) is 12.7. The van der Waals surface area contributed by atoms with Gasteiger partial charge in [0.2, 0.25) is 0 Å². The molecule has 0 spiro atoms. The predicted molar refractivity (Wildman–Crippen MR) is 72.4 cm³/mol. The van der Waals surface area contributed by atoms with E-state index in [0.717, 1.165) is 30.8 Å². The normalized spacial score (nSPS) is 16.7. The molecule has 1 aliphatic carbocycles. The van der Waals surface area contributed by atoms with E-state index < -0.39 is 5.54 Å². The van der Waals surface area contributed by atoms with E-state index in [9.17, 15) is 9.59 Å². The van der Waals surface area contributed by atoms with Gasteiger partial charge in [0.15, 0.2) is 0 Å². The molecule has 7 nitrogen and oxygen atoms in total. The number of imidazole rings is 1. The lowest BCUT2D eigenvalue weighted by molar-refractivity contribution is 0.0804. The zero-order chi connectivity index (χ0) is 14.3. The fourth-order valence-corrected chi connectivity index (χ4v) is 2.50. The van der Waals surface area contributed by atoms with Crippen LogP contribution in [-0.4, -0.2) is 25.7 Å². The lowest BCUT2D eigenvalue weighted by Crippen LogP contribution is -2.51. The van der Waals surface area contributed by atoms with E-state index in [4.69, 9.17) is 0 Å². The third-order valence-electron chi connectivity index (χ3n) is 3.85. The van der Waals surface area contributed by atoms with Crippen molar-refractivity contribution in [3.63, 3.8) is 0 Å². The van der Waals surface area contributed by atoms with Crippen LogP contribution in [-0.2, 0) is 12.6 Å². The van der Waals surface area contributed by atoms with E-state index in [2.05, 4.69) is 20.4 Å². The third kappa shape index (κ3) is 1.95. The molecule has 1 fully saturated rings. The van der Waals surface area contributed by atoms with E-state index in [1.165, 1.54) is 10.7 Å². The fourth-order valence-electron chi connectivity index (χ4n) is 2.50. The van der Waals surface area contributed by atoms with Gasteiger partial charge in [-0.2, -0.15) is 0 Å². The Labute approximate surface area is 115 Å². The second kappa shape index (κ2) is 4.36. The van der Waals surface area contributed by atoms with Crippen LogP contribution in [0.1, 0.15) is 41.3 Å². The molecule has 1 saturated carbocycles. The van der Waals surface area contributed by atoms with Crippen molar-refractivity contribution in [2.75, 3.05) is 0 Å². The van der Waals surface area contributed by atoms with Gasteiger partial charge in [0.05, 0.1) is 5.54 Å². The van der Waals surface area contributed by atoms with Gasteiger partial charge in [-0.05, 0) is 26.2 Å². The molecule has 0 aromatic carbocycles. The van der Waals surface area contributed by atoms with Gasteiger partial charge in [-0.3, -0.25) is 19.4 Å². The summed E-state index contributed by atoms with van der Waals surface area (Å²) in [5, 5.41) is 5.73. The maximum atomic E-state index is 12.3. The summed E-state index contributed by atoms with van der Waals surface area (Å²) in [6, 6.07) is 1.30. The van der Waals surface area contributed by atoms with Crippen LogP contribution < -0.4 is 10.9 Å². The summed E-state index contributed by atoms with van der Waals surface area (Å²) >= 11 is 0. The van der Waals surface area contributed by atoms with Crippen LogP contribution >= 0.6 is 0 Å². The summed E-state index contributed by atoms with van der Waals surface area (Å²) in [7, 11) is 1.58. The minimum absolute atomic E-state index is 0.230. The first-order chi connectivity index (χ1) is 9.50. The van der Waals surface area contributed by atoms with Gasteiger partial charge >= 0.3 is 0 Å². The Morgan fingerprint density at radius 3 is 2.70 bits per heavy atom. The lowest BCUT2D eigenvalue weighted by Gasteiger charge is -2.40. The van der Waals surface area contributed by atoms with Crippen LogP contribution in [0.4, 0.5) is 0 Å². The van der Waals surface area contributed by atoms with E-state index in [0.29, 0.717) is 0 Å². The van der Waals surface area contributed by atoms with Crippen molar-refractivity contribution in [3.8, 4) is 0 Å². The highest BCUT2D eigenvalue weighted by Crippen LogP contribution is 2.39. The molecule has 0 bridgehead atoms. The minimum atomic E-state index is -0.432. The zero-order valence-corrected chi connectivity index (χ0v) is 11.5. The highest BCUT2D eigenvalue weighted by Gasteiger charge is 2.42. The first-order valence-corrected chi connectivity index (χ1v) is 6.61. The molecule has 7 heteroatoms. The van der Waals surface area contributed by atoms with Gasteiger partial charge in [-0.25, -0.2) is 4.98 Å². The Kier molecular flexibility index (Phi) is 2.77. The number of rotatable bonds is 3. The smallest absolute Gasteiger partial charge is 0.270 e. The SMILES string of the molecule is Cc1cnc(C2(NC(=O)c3cc(=O)n(C)[nH]3)CCC2)[nH]1. The van der Waals surface area contributed by atoms with Crippen LogP contribution in [0, 0.1) is 6.92 Å². The number of nitrogens with one attached hydrogen (secondary N) is 3. The summed E-state index contributed by atoms with van der Waals surface area (Å²) in [6.45, 7) is 1.93. The number of carbonyl (C=O) groups is 1. The van der Waals surface area contributed by atoms with E-state index in [1.54, 1.807) is 13.2 Å². The maximum Gasteiger partial charge on any atom is 0.270 e. The Bertz CT molecular complexity index is 704. The molecular weight excluding hydrogens is 258 g/mol. The third-order valence-corrected chi connectivity index (χ3v) is 3.85. The molecule has 3 N–H and O–H groups in total. The summed E-state index contributed by atoms with van der Waals surface area (Å²) in [6.07, 6.45) is 4.50. The van der Waals surface area contributed by atoms with Crippen LogP contribution in [0.15, 0.2) is 17.1 Å². The largest absolute Gasteiger partial charge is 0.344 e. The van der Waals surface area contributed by atoms with Crippen LogP contribution in [0.25, 0.3) is 0 Å². The van der Waals surface area contributed by atoms with Gasteiger partial charge in [0, 0.05) is 25.0 Å². The molecule has 0 unspecified atom stereocenters. The number of hydrogen-bond donors (Lipinski definition) is 3. The van der Waals surface area contributed by atoms with E-state index >= 15 is 0 Å². The number of hydrogen-bond acceptors (Lipinski definition) is 3. The summed E-state index contributed by atoms with van der Waals surface area (Å²) in [5.41, 5.74) is 0.574. The molecule has 0 atom stereocenters. The standard InChI is InChI=1S/C13H17N5O2/c1-8-7-14-12(15-8)13(4-3-5-13)16-11(20)9-6-10(19)18(2)17-9/h6-7,17H,3-5H2,1-2H3,(H,14,15)(H,16,20). The number of aromatic nitrogens is 4. The number of aryl methyl sites for hydroxylation is 2. The second-order valence-electron chi connectivity index (χ2n) is 5.37. The van der Waals surface area contributed by atoms with E-state index in [-0.39, 0.29) is 17.2 Å². The van der Waals surface area contributed by atoms with Gasteiger partial charge in [-0.1, -0.05) is 0 Å². The molecule has 2 aromatic rings. The number of H-pyrrole nitrogens is 2. The molecule has 20 heavy (non-hydrogen) atoms. The summed E-state index contributed by atoms with van der Waals surface area (Å²) < 4.78 is 1.28. The molecular formula is C13H17N5O2. The number of nitrogens with zero attached hydrogens (tertiary/aromatic N) is 2. The van der Waals surface area contributed by atoms with Crippen LogP contribution in [0.5, 0.6) is 0 Å². The summed E-state index contributed by atoms with van der Waals surface area (Å²) in [4.78, 5) is 31.2. The molecule has 0 saturated heterocycles. The predicted octanol–water partition coefficient (Wildman–Crippen LogP) is 0.554.